The van der Waals surface area contributed by atoms with Crippen molar-refractivity contribution in [2.75, 3.05) is 28.2 Å². The van der Waals surface area contributed by atoms with E-state index in [-0.39, 0.29) is 30.6 Å². The molecule has 2 aromatic carbocycles. The average Bonchev–Trinajstić information content (AvgIpc) is 3.07. The molecule has 0 saturated carbocycles. The molecule has 2 saturated heterocycles. The highest BCUT2D eigenvalue weighted by Gasteiger charge is 2.30. The normalized spacial score (nSPS) is 17.0. The number of carbonyl (C=O) groups excluding carboxylic acids is 3. The van der Waals surface area contributed by atoms with Crippen LogP contribution in [0.4, 0.5) is 17.1 Å². The third-order valence-electron chi connectivity index (χ3n) is 5.34. The van der Waals surface area contributed by atoms with E-state index in [9.17, 15) is 14.4 Å². The molecule has 2 aliphatic rings. The molecule has 0 spiro atoms. The van der Waals surface area contributed by atoms with Gasteiger partial charge in [-0.15, -0.1) is 0 Å². The first-order valence-electron chi connectivity index (χ1n) is 9.84. The van der Waals surface area contributed by atoms with Gasteiger partial charge in [-0.05, 0) is 61.7 Å². The largest absolute Gasteiger partial charge is 0.370 e. The van der Waals surface area contributed by atoms with Gasteiger partial charge in [0.25, 0.3) is 5.91 Å². The number of rotatable bonds is 4. The smallest absolute Gasteiger partial charge is 0.255 e. The number of anilines is 3. The Kier molecular flexibility index (Phi) is 5.53. The van der Waals surface area contributed by atoms with Gasteiger partial charge in [-0.1, -0.05) is 11.6 Å². The van der Waals surface area contributed by atoms with E-state index in [1.54, 1.807) is 30.3 Å². The van der Waals surface area contributed by atoms with Crippen LogP contribution in [0.1, 0.15) is 42.5 Å². The van der Waals surface area contributed by atoms with Crippen LogP contribution in [-0.2, 0) is 9.59 Å². The zero-order valence-corrected chi connectivity index (χ0v) is 16.7. The molecule has 0 bridgehead atoms. The van der Waals surface area contributed by atoms with Gasteiger partial charge in [0.05, 0.1) is 17.1 Å². The lowest BCUT2D eigenvalue weighted by molar-refractivity contribution is -0.121. The first-order chi connectivity index (χ1) is 14.0. The molecule has 0 atom stereocenters. The Bertz CT molecular complexity index is 936. The Hall–Kier alpha value is -2.86. The maximum Gasteiger partial charge on any atom is 0.255 e. The summed E-state index contributed by atoms with van der Waals surface area (Å²) in [4.78, 5) is 40.0. The van der Waals surface area contributed by atoms with Crippen molar-refractivity contribution in [2.24, 2.45) is 0 Å². The number of imide groups is 1. The van der Waals surface area contributed by atoms with Gasteiger partial charge >= 0.3 is 0 Å². The predicted octanol–water partition coefficient (Wildman–Crippen LogP) is 4.24. The fraction of sp³-hybridized carbons (Fsp3) is 0.318. The van der Waals surface area contributed by atoms with Crippen LogP contribution in [0, 0.1) is 0 Å². The molecule has 0 unspecified atom stereocenters. The minimum Gasteiger partial charge on any atom is -0.370 e. The fourth-order valence-electron chi connectivity index (χ4n) is 3.84. The summed E-state index contributed by atoms with van der Waals surface area (Å²) in [7, 11) is 0. The molecular formula is C22H22ClN3O3. The molecular weight excluding hydrogens is 390 g/mol. The summed E-state index contributed by atoms with van der Waals surface area (Å²) in [6, 6.07) is 12.0. The van der Waals surface area contributed by atoms with Gasteiger partial charge < -0.3 is 10.2 Å². The van der Waals surface area contributed by atoms with Crippen molar-refractivity contribution in [1.82, 2.24) is 0 Å². The van der Waals surface area contributed by atoms with Crippen LogP contribution in [0.2, 0.25) is 5.02 Å². The van der Waals surface area contributed by atoms with E-state index >= 15 is 0 Å². The average molecular weight is 412 g/mol. The van der Waals surface area contributed by atoms with Crippen LogP contribution in [-0.4, -0.2) is 30.8 Å². The van der Waals surface area contributed by atoms with Crippen molar-refractivity contribution in [2.45, 2.75) is 32.1 Å². The molecule has 29 heavy (non-hydrogen) atoms. The van der Waals surface area contributed by atoms with Crippen molar-refractivity contribution in [3.8, 4) is 0 Å². The van der Waals surface area contributed by atoms with E-state index < -0.39 is 0 Å². The third-order valence-corrected chi connectivity index (χ3v) is 5.58. The number of nitrogens with zero attached hydrogens (tertiary/aromatic N) is 2. The topological polar surface area (TPSA) is 69.7 Å². The number of hydrogen-bond acceptors (Lipinski definition) is 4. The number of hydrogen-bond donors (Lipinski definition) is 1. The third kappa shape index (κ3) is 4.12. The van der Waals surface area contributed by atoms with Crippen molar-refractivity contribution < 1.29 is 14.4 Å². The van der Waals surface area contributed by atoms with E-state index in [2.05, 4.69) is 10.2 Å². The Balaban J connectivity index is 1.53. The molecule has 1 N–H and O–H groups in total. The van der Waals surface area contributed by atoms with Gasteiger partial charge in [0, 0.05) is 36.5 Å². The number of halogens is 1. The van der Waals surface area contributed by atoms with Gasteiger partial charge in [0.1, 0.15) is 0 Å². The van der Waals surface area contributed by atoms with Crippen LogP contribution >= 0.6 is 11.6 Å². The number of piperidine rings is 1. The molecule has 7 heteroatoms. The lowest BCUT2D eigenvalue weighted by Crippen LogP contribution is -2.30. The van der Waals surface area contributed by atoms with Crippen molar-refractivity contribution in [3.63, 3.8) is 0 Å². The Morgan fingerprint density at radius 2 is 1.55 bits per heavy atom. The minimum atomic E-state index is -0.267. The predicted molar refractivity (Wildman–Crippen MR) is 114 cm³/mol. The summed E-state index contributed by atoms with van der Waals surface area (Å²) in [5, 5.41) is 3.52. The molecule has 0 aliphatic carbocycles. The monoisotopic (exact) mass is 411 g/mol. The van der Waals surface area contributed by atoms with Crippen LogP contribution in [0.5, 0.6) is 0 Å². The SMILES string of the molecule is O=C(Nc1cc(Cl)ccc1N1CCCCC1)c1ccc(N2C(=O)CCC2=O)cc1. The Morgan fingerprint density at radius 3 is 2.21 bits per heavy atom. The molecule has 150 valence electrons. The van der Waals surface area contributed by atoms with Crippen LogP contribution in [0.3, 0.4) is 0 Å². The Labute approximate surface area is 174 Å². The molecule has 6 nitrogen and oxygen atoms in total. The number of carbonyl (C=O) groups is 3. The second-order valence-electron chi connectivity index (χ2n) is 7.33. The van der Waals surface area contributed by atoms with Crippen molar-refractivity contribution >= 4 is 46.4 Å². The van der Waals surface area contributed by atoms with Gasteiger partial charge in [-0.2, -0.15) is 0 Å². The second kappa shape index (κ2) is 8.25. The van der Waals surface area contributed by atoms with E-state index in [0.29, 0.717) is 22.0 Å². The zero-order chi connectivity index (χ0) is 20.4. The highest BCUT2D eigenvalue weighted by molar-refractivity contribution is 6.31. The fourth-order valence-corrected chi connectivity index (χ4v) is 4.01. The van der Waals surface area contributed by atoms with Crippen molar-refractivity contribution in [3.05, 3.63) is 53.1 Å². The van der Waals surface area contributed by atoms with Gasteiger partial charge in [0.2, 0.25) is 11.8 Å². The molecule has 2 aliphatic heterocycles. The van der Waals surface area contributed by atoms with E-state index in [0.717, 1.165) is 31.6 Å². The van der Waals surface area contributed by atoms with Gasteiger partial charge in [0.15, 0.2) is 0 Å². The molecule has 0 radical (unpaired) electrons. The molecule has 4 rings (SSSR count). The van der Waals surface area contributed by atoms with E-state index in [1.165, 1.54) is 11.3 Å². The quantitative estimate of drug-likeness (QED) is 0.764. The highest BCUT2D eigenvalue weighted by Crippen LogP contribution is 2.32. The van der Waals surface area contributed by atoms with Gasteiger partial charge in [-0.25, -0.2) is 0 Å². The minimum absolute atomic E-state index is 0.211. The Morgan fingerprint density at radius 1 is 0.897 bits per heavy atom. The summed E-state index contributed by atoms with van der Waals surface area (Å²) in [5.41, 5.74) is 2.58. The summed E-state index contributed by atoms with van der Waals surface area (Å²) >= 11 is 6.17. The van der Waals surface area contributed by atoms with Crippen molar-refractivity contribution in [1.29, 1.82) is 0 Å². The standard InChI is InChI=1S/C22H22ClN3O3/c23-16-6-9-19(25-12-2-1-3-13-25)18(14-16)24-22(29)15-4-7-17(8-5-15)26-20(27)10-11-21(26)28/h4-9,14H,1-3,10-13H2,(H,24,29). The first kappa shape index (κ1) is 19.5. The maximum atomic E-state index is 12.8. The van der Waals surface area contributed by atoms with E-state index in [4.69, 9.17) is 11.6 Å². The van der Waals surface area contributed by atoms with Crippen LogP contribution < -0.4 is 15.1 Å². The summed E-state index contributed by atoms with van der Waals surface area (Å²) in [5.74, 6) is -0.689. The molecule has 2 heterocycles. The number of benzene rings is 2. The van der Waals surface area contributed by atoms with Gasteiger partial charge in [-0.3, -0.25) is 19.3 Å². The first-order valence-corrected chi connectivity index (χ1v) is 10.2. The maximum absolute atomic E-state index is 12.8. The molecule has 3 amide bonds. The summed E-state index contributed by atoms with van der Waals surface area (Å²) < 4.78 is 0. The zero-order valence-electron chi connectivity index (χ0n) is 16.0. The summed E-state index contributed by atoms with van der Waals surface area (Å²) in [6.07, 6.45) is 3.95. The lowest BCUT2D eigenvalue weighted by atomic mass is 10.1. The molecule has 2 fully saturated rings. The lowest BCUT2D eigenvalue weighted by Gasteiger charge is -2.30. The van der Waals surface area contributed by atoms with Crippen LogP contribution in [0.25, 0.3) is 0 Å². The highest BCUT2D eigenvalue weighted by atomic mass is 35.5. The molecule has 0 aromatic heterocycles. The second-order valence-corrected chi connectivity index (χ2v) is 7.77. The molecule has 2 aromatic rings. The number of nitrogens with one attached hydrogen (secondary N) is 1. The summed E-state index contributed by atoms with van der Waals surface area (Å²) in [6.45, 7) is 1.91. The van der Waals surface area contributed by atoms with E-state index in [1.807, 2.05) is 12.1 Å². The number of amides is 3. The van der Waals surface area contributed by atoms with Crippen LogP contribution in [0.15, 0.2) is 42.5 Å².